The van der Waals surface area contributed by atoms with Gasteiger partial charge in [-0.05, 0) is 31.9 Å². The van der Waals surface area contributed by atoms with E-state index in [-0.39, 0.29) is 0 Å². The van der Waals surface area contributed by atoms with Crippen molar-refractivity contribution in [1.29, 1.82) is 0 Å². The van der Waals surface area contributed by atoms with Gasteiger partial charge in [-0.25, -0.2) is 0 Å². The molecule has 1 aromatic carbocycles. The van der Waals surface area contributed by atoms with Gasteiger partial charge in [0.05, 0.1) is 27.4 Å². The molecule has 118 valence electrons. The molecular weight excluding hydrogens is 268 g/mol. The number of hydrogen-bond donors (Lipinski definition) is 2. The summed E-state index contributed by atoms with van der Waals surface area (Å²) < 4.78 is 16.2. The van der Waals surface area contributed by atoms with Gasteiger partial charge in [0.2, 0.25) is 0 Å². The van der Waals surface area contributed by atoms with Crippen molar-refractivity contribution in [3.63, 3.8) is 0 Å². The van der Waals surface area contributed by atoms with E-state index >= 15 is 0 Å². The molecule has 0 spiro atoms. The third-order valence-electron chi connectivity index (χ3n) is 3.77. The first-order valence-corrected chi connectivity index (χ1v) is 7.44. The molecule has 1 aromatic rings. The van der Waals surface area contributed by atoms with Gasteiger partial charge in [0, 0.05) is 30.4 Å². The van der Waals surface area contributed by atoms with E-state index in [0.29, 0.717) is 12.1 Å². The minimum atomic E-state index is 0.348. The Bertz CT molecular complexity index is 459. The van der Waals surface area contributed by atoms with Gasteiger partial charge in [0.1, 0.15) is 0 Å². The highest BCUT2D eigenvalue weighted by Crippen LogP contribution is 2.33. The summed E-state index contributed by atoms with van der Waals surface area (Å²) in [7, 11) is 3.31. The molecule has 2 unspecified atom stereocenters. The molecule has 0 aromatic heterocycles. The van der Waals surface area contributed by atoms with E-state index in [2.05, 4.69) is 24.5 Å². The standard InChI is InChI=1S/C16H26N2O3/c1-11-7-15(19-3)16(20-4)9-14(11)18-12(2)8-13-10-21-6-5-17-13/h7,9,12-13,17-18H,5-6,8,10H2,1-4H3. The van der Waals surface area contributed by atoms with Crippen molar-refractivity contribution in [2.75, 3.05) is 39.3 Å². The van der Waals surface area contributed by atoms with Crippen LogP contribution in [0.1, 0.15) is 18.9 Å². The van der Waals surface area contributed by atoms with E-state index in [1.807, 2.05) is 12.1 Å². The lowest BCUT2D eigenvalue weighted by Gasteiger charge is -2.27. The highest BCUT2D eigenvalue weighted by Gasteiger charge is 2.17. The van der Waals surface area contributed by atoms with Crippen LogP contribution in [0.15, 0.2) is 12.1 Å². The maximum absolute atomic E-state index is 5.50. The smallest absolute Gasteiger partial charge is 0.162 e. The zero-order valence-corrected chi connectivity index (χ0v) is 13.4. The van der Waals surface area contributed by atoms with Crippen LogP contribution in [0.25, 0.3) is 0 Å². The Balaban J connectivity index is 2.00. The van der Waals surface area contributed by atoms with Crippen LogP contribution in [0.3, 0.4) is 0 Å². The van der Waals surface area contributed by atoms with Gasteiger partial charge in [0.25, 0.3) is 0 Å². The van der Waals surface area contributed by atoms with E-state index < -0.39 is 0 Å². The van der Waals surface area contributed by atoms with Crippen LogP contribution < -0.4 is 20.1 Å². The zero-order valence-electron chi connectivity index (χ0n) is 13.4. The normalized spacial score (nSPS) is 19.9. The second kappa shape index (κ2) is 7.52. The third kappa shape index (κ3) is 4.25. The maximum Gasteiger partial charge on any atom is 0.162 e. The Morgan fingerprint density at radius 3 is 2.67 bits per heavy atom. The number of nitrogens with one attached hydrogen (secondary N) is 2. The Labute approximate surface area is 127 Å². The highest BCUT2D eigenvalue weighted by molar-refractivity contribution is 5.60. The molecule has 2 N–H and O–H groups in total. The largest absolute Gasteiger partial charge is 0.493 e. The van der Waals surface area contributed by atoms with Crippen molar-refractivity contribution >= 4 is 5.69 Å². The summed E-state index contributed by atoms with van der Waals surface area (Å²) in [6.07, 6.45) is 1.02. The lowest BCUT2D eigenvalue weighted by Crippen LogP contribution is -2.43. The molecule has 1 saturated heterocycles. The fraction of sp³-hybridized carbons (Fsp3) is 0.625. The summed E-state index contributed by atoms with van der Waals surface area (Å²) in [5, 5.41) is 7.03. The van der Waals surface area contributed by atoms with Gasteiger partial charge in [-0.3, -0.25) is 0 Å². The fourth-order valence-electron chi connectivity index (χ4n) is 2.66. The van der Waals surface area contributed by atoms with Crippen LogP contribution in [-0.2, 0) is 4.74 Å². The van der Waals surface area contributed by atoms with E-state index in [1.54, 1.807) is 14.2 Å². The summed E-state index contributed by atoms with van der Waals surface area (Å²) in [5.41, 5.74) is 2.23. The Kier molecular flexibility index (Phi) is 5.70. The number of ether oxygens (including phenoxy) is 3. The zero-order chi connectivity index (χ0) is 15.2. The van der Waals surface area contributed by atoms with Crippen molar-refractivity contribution in [3.05, 3.63) is 17.7 Å². The molecular formula is C16H26N2O3. The summed E-state index contributed by atoms with van der Waals surface area (Å²) in [5.74, 6) is 1.51. The number of anilines is 1. The predicted molar refractivity (Wildman–Crippen MR) is 84.6 cm³/mol. The first-order valence-electron chi connectivity index (χ1n) is 7.44. The molecule has 21 heavy (non-hydrogen) atoms. The number of morpholine rings is 1. The quantitative estimate of drug-likeness (QED) is 0.842. The number of aryl methyl sites for hydroxylation is 1. The van der Waals surface area contributed by atoms with Crippen LogP contribution in [0.5, 0.6) is 11.5 Å². The number of hydrogen-bond acceptors (Lipinski definition) is 5. The minimum Gasteiger partial charge on any atom is -0.493 e. The molecule has 1 heterocycles. The molecule has 5 nitrogen and oxygen atoms in total. The van der Waals surface area contributed by atoms with Gasteiger partial charge in [-0.2, -0.15) is 0 Å². The van der Waals surface area contributed by atoms with Crippen molar-refractivity contribution in [1.82, 2.24) is 5.32 Å². The van der Waals surface area contributed by atoms with Crippen LogP contribution >= 0.6 is 0 Å². The Hall–Kier alpha value is -1.46. The van der Waals surface area contributed by atoms with Crippen molar-refractivity contribution < 1.29 is 14.2 Å². The topological polar surface area (TPSA) is 51.8 Å². The Morgan fingerprint density at radius 2 is 2.05 bits per heavy atom. The van der Waals surface area contributed by atoms with E-state index in [9.17, 15) is 0 Å². The van der Waals surface area contributed by atoms with Crippen molar-refractivity contribution in [2.45, 2.75) is 32.4 Å². The molecule has 2 rings (SSSR count). The molecule has 2 atom stereocenters. The first kappa shape index (κ1) is 15.9. The van der Waals surface area contributed by atoms with Gasteiger partial charge in [0.15, 0.2) is 11.5 Å². The van der Waals surface area contributed by atoms with Crippen LogP contribution in [0, 0.1) is 6.92 Å². The van der Waals surface area contributed by atoms with Gasteiger partial charge >= 0.3 is 0 Å². The lowest BCUT2D eigenvalue weighted by molar-refractivity contribution is 0.0731. The molecule has 0 radical (unpaired) electrons. The first-order chi connectivity index (χ1) is 10.1. The summed E-state index contributed by atoms with van der Waals surface area (Å²) in [4.78, 5) is 0. The Morgan fingerprint density at radius 1 is 1.33 bits per heavy atom. The minimum absolute atomic E-state index is 0.348. The summed E-state index contributed by atoms with van der Waals surface area (Å²) in [6, 6.07) is 4.76. The molecule has 5 heteroatoms. The molecule has 1 aliphatic rings. The molecule has 0 saturated carbocycles. The van der Waals surface area contributed by atoms with Crippen LogP contribution in [-0.4, -0.2) is 46.1 Å². The molecule has 0 bridgehead atoms. The molecule has 1 aliphatic heterocycles. The highest BCUT2D eigenvalue weighted by atomic mass is 16.5. The monoisotopic (exact) mass is 294 g/mol. The average molecular weight is 294 g/mol. The lowest BCUT2D eigenvalue weighted by atomic mass is 10.1. The summed E-state index contributed by atoms with van der Waals surface area (Å²) in [6.45, 7) is 6.79. The third-order valence-corrected chi connectivity index (χ3v) is 3.77. The van der Waals surface area contributed by atoms with Gasteiger partial charge in [-0.15, -0.1) is 0 Å². The maximum atomic E-state index is 5.50. The second-order valence-corrected chi connectivity index (χ2v) is 5.53. The predicted octanol–water partition coefficient (Wildman–Crippen LogP) is 2.19. The fourth-order valence-corrected chi connectivity index (χ4v) is 2.66. The number of benzene rings is 1. The van der Waals surface area contributed by atoms with Gasteiger partial charge < -0.3 is 24.8 Å². The summed E-state index contributed by atoms with van der Waals surface area (Å²) >= 11 is 0. The number of rotatable bonds is 6. The molecule has 0 aliphatic carbocycles. The van der Waals surface area contributed by atoms with Crippen molar-refractivity contribution in [2.24, 2.45) is 0 Å². The molecule has 0 amide bonds. The number of methoxy groups -OCH3 is 2. The second-order valence-electron chi connectivity index (χ2n) is 5.53. The van der Waals surface area contributed by atoms with Gasteiger partial charge in [-0.1, -0.05) is 0 Å². The van der Waals surface area contributed by atoms with E-state index in [1.165, 1.54) is 0 Å². The molecule has 1 fully saturated rings. The average Bonchev–Trinajstić information content (AvgIpc) is 2.49. The van der Waals surface area contributed by atoms with E-state index in [0.717, 1.165) is 48.9 Å². The van der Waals surface area contributed by atoms with Crippen molar-refractivity contribution in [3.8, 4) is 11.5 Å². The van der Waals surface area contributed by atoms with E-state index in [4.69, 9.17) is 14.2 Å². The SMILES string of the molecule is COc1cc(C)c(NC(C)CC2COCCN2)cc1OC. The van der Waals surface area contributed by atoms with Crippen LogP contribution in [0.2, 0.25) is 0 Å². The van der Waals surface area contributed by atoms with Crippen LogP contribution in [0.4, 0.5) is 5.69 Å².